The van der Waals surface area contributed by atoms with Crippen molar-refractivity contribution in [2.45, 2.75) is 6.92 Å². The second-order valence-electron chi connectivity index (χ2n) is 2.60. The van der Waals surface area contributed by atoms with Crippen LogP contribution in [0.25, 0.3) is 0 Å². The molecule has 0 saturated heterocycles. The molecule has 4 nitrogen and oxygen atoms in total. The van der Waals surface area contributed by atoms with Gasteiger partial charge in [0.05, 0.1) is 12.2 Å². The van der Waals surface area contributed by atoms with E-state index < -0.39 is 0 Å². The van der Waals surface area contributed by atoms with Crippen LogP contribution in [0, 0.1) is 6.92 Å². The molecule has 0 aliphatic heterocycles. The zero-order valence-corrected chi connectivity index (χ0v) is 7.93. The summed E-state index contributed by atoms with van der Waals surface area (Å²) in [7, 11) is 0. The van der Waals surface area contributed by atoms with Gasteiger partial charge >= 0.3 is 0 Å². The van der Waals surface area contributed by atoms with Crippen molar-refractivity contribution in [3.8, 4) is 0 Å². The maximum Gasteiger partial charge on any atom is 0.238 e. The maximum atomic E-state index is 10.9. The van der Waals surface area contributed by atoms with Gasteiger partial charge in [-0.1, -0.05) is 11.6 Å². The highest BCUT2D eigenvalue weighted by Crippen LogP contribution is 2.19. The topological polar surface area (TPSA) is 68.0 Å². The number of aromatic nitrogens is 1. The summed E-state index contributed by atoms with van der Waals surface area (Å²) in [6.07, 6.45) is 1.63. The van der Waals surface area contributed by atoms with Crippen LogP contribution < -0.4 is 11.1 Å². The third kappa shape index (κ3) is 2.68. The molecule has 0 atom stereocenters. The van der Waals surface area contributed by atoms with Crippen LogP contribution in [0.15, 0.2) is 12.3 Å². The van der Waals surface area contributed by atoms with Crippen LogP contribution in [-0.4, -0.2) is 17.4 Å². The van der Waals surface area contributed by atoms with E-state index in [0.717, 1.165) is 5.56 Å². The quantitative estimate of drug-likeness (QED) is 0.697. The first-order valence-corrected chi connectivity index (χ1v) is 4.13. The van der Waals surface area contributed by atoms with Crippen LogP contribution in [0.4, 0.5) is 5.69 Å². The lowest BCUT2D eigenvalue weighted by Gasteiger charge is -2.05. The summed E-state index contributed by atoms with van der Waals surface area (Å²) in [5.41, 5.74) is 6.56. The van der Waals surface area contributed by atoms with Crippen molar-refractivity contribution >= 4 is 23.2 Å². The van der Waals surface area contributed by atoms with Gasteiger partial charge in [-0.05, 0) is 18.6 Å². The summed E-state index contributed by atoms with van der Waals surface area (Å²) in [4.78, 5) is 14.8. The molecule has 0 aliphatic rings. The normalized spacial score (nSPS) is 9.77. The van der Waals surface area contributed by atoms with Gasteiger partial charge in [-0.25, -0.2) is 4.98 Å². The fraction of sp³-hybridized carbons (Fsp3) is 0.250. The van der Waals surface area contributed by atoms with E-state index in [0.29, 0.717) is 5.69 Å². The number of anilines is 1. The third-order valence-corrected chi connectivity index (χ3v) is 1.74. The van der Waals surface area contributed by atoms with Crippen molar-refractivity contribution < 1.29 is 4.79 Å². The average Bonchev–Trinajstić information content (AvgIpc) is 2.11. The second-order valence-corrected chi connectivity index (χ2v) is 2.96. The highest BCUT2D eigenvalue weighted by molar-refractivity contribution is 6.32. The monoisotopic (exact) mass is 199 g/mol. The van der Waals surface area contributed by atoms with Gasteiger partial charge in [-0.15, -0.1) is 0 Å². The molecule has 0 spiro atoms. The standard InChI is InChI=1S/C8H10ClN3O/c1-5-2-6(8(9)11-4-5)12-7(13)3-10/h2,4H,3,10H2,1H3,(H,12,13). The maximum absolute atomic E-state index is 10.9. The number of nitrogens with one attached hydrogen (secondary N) is 1. The van der Waals surface area contributed by atoms with Crippen molar-refractivity contribution in [1.29, 1.82) is 0 Å². The molecule has 3 N–H and O–H groups in total. The second kappa shape index (κ2) is 4.20. The molecular formula is C8H10ClN3O. The molecule has 0 radical (unpaired) electrons. The van der Waals surface area contributed by atoms with Gasteiger partial charge in [-0.3, -0.25) is 4.79 Å². The Morgan fingerprint density at radius 3 is 3.08 bits per heavy atom. The first kappa shape index (κ1) is 9.95. The Morgan fingerprint density at radius 2 is 2.46 bits per heavy atom. The smallest absolute Gasteiger partial charge is 0.238 e. The molecule has 0 aliphatic carbocycles. The molecule has 1 aromatic rings. The minimum atomic E-state index is -0.283. The fourth-order valence-electron chi connectivity index (χ4n) is 0.841. The van der Waals surface area contributed by atoms with E-state index in [9.17, 15) is 4.79 Å². The lowest BCUT2D eigenvalue weighted by Crippen LogP contribution is -2.22. The zero-order valence-electron chi connectivity index (χ0n) is 7.17. The zero-order chi connectivity index (χ0) is 9.84. The summed E-state index contributed by atoms with van der Waals surface area (Å²) in [5.74, 6) is -0.283. The number of hydrogen-bond acceptors (Lipinski definition) is 3. The van der Waals surface area contributed by atoms with Crippen molar-refractivity contribution in [2.75, 3.05) is 11.9 Å². The predicted molar refractivity (Wildman–Crippen MR) is 51.7 cm³/mol. The van der Waals surface area contributed by atoms with Crippen LogP contribution in [0.1, 0.15) is 5.56 Å². The largest absolute Gasteiger partial charge is 0.322 e. The van der Waals surface area contributed by atoms with Crippen LogP contribution in [0.2, 0.25) is 5.15 Å². The van der Waals surface area contributed by atoms with Crippen molar-refractivity contribution in [2.24, 2.45) is 5.73 Å². The lowest BCUT2D eigenvalue weighted by molar-refractivity contribution is -0.114. The highest BCUT2D eigenvalue weighted by atomic mass is 35.5. The first-order chi connectivity index (χ1) is 6.13. The number of carbonyl (C=O) groups excluding carboxylic acids is 1. The number of pyridine rings is 1. The average molecular weight is 200 g/mol. The number of halogens is 1. The fourth-order valence-corrected chi connectivity index (χ4v) is 0.992. The first-order valence-electron chi connectivity index (χ1n) is 3.75. The van der Waals surface area contributed by atoms with E-state index >= 15 is 0 Å². The van der Waals surface area contributed by atoms with Crippen LogP contribution >= 0.6 is 11.6 Å². The minimum Gasteiger partial charge on any atom is -0.322 e. The van der Waals surface area contributed by atoms with E-state index in [1.807, 2.05) is 6.92 Å². The molecule has 0 unspecified atom stereocenters. The molecule has 5 heteroatoms. The Hall–Kier alpha value is -1.13. The molecule has 0 fully saturated rings. The molecule has 0 aromatic carbocycles. The lowest BCUT2D eigenvalue weighted by atomic mass is 10.3. The molecule has 1 heterocycles. The molecule has 1 aromatic heterocycles. The van der Waals surface area contributed by atoms with Crippen LogP contribution in [-0.2, 0) is 4.79 Å². The molecule has 13 heavy (non-hydrogen) atoms. The van der Waals surface area contributed by atoms with E-state index in [1.165, 1.54) is 0 Å². The Bertz CT molecular complexity index is 327. The van der Waals surface area contributed by atoms with E-state index in [4.69, 9.17) is 17.3 Å². The summed E-state index contributed by atoms with van der Waals surface area (Å²) in [5, 5.41) is 2.81. The molecular weight excluding hydrogens is 190 g/mol. The number of rotatable bonds is 2. The molecule has 0 bridgehead atoms. The van der Waals surface area contributed by atoms with Gasteiger partial charge in [0.2, 0.25) is 5.91 Å². The SMILES string of the molecule is Cc1cnc(Cl)c(NC(=O)CN)c1. The molecule has 1 rings (SSSR count). The van der Waals surface area contributed by atoms with Crippen molar-refractivity contribution in [3.63, 3.8) is 0 Å². The summed E-state index contributed by atoms with van der Waals surface area (Å²) >= 11 is 5.73. The number of hydrogen-bond donors (Lipinski definition) is 2. The number of nitrogens with zero attached hydrogens (tertiary/aromatic N) is 1. The van der Waals surface area contributed by atoms with Crippen molar-refractivity contribution in [3.05, 3.63) is 23.0 Å². The number of nitrogens with two attached hydrogens (primary N) is 1. The van der Waals surface area contributed by atoms with Gasteiger partial charge in [0.15, 0.2) is 5.15 Å². The number of aryl methyl sites for hydroxylation is 1. The van der Waals surface area contributed by atoms with Crippen LogP contribution in [0.3, 0.4) is 0 Å². The van der Waals surface area contributed by atoms with E-state index in [1.54, 1.807) is 12.3 Å². The third-order valence-electron chi connectivity index (χ3n) is 1.44. The van der Waals surface area contributed by atoms with E-state index in [-0.39, 0.29) is 17.6 Å². The van der Waals surface area contributed by atoms with Gasteiger partial charge < -0.3 is 11.1 Å². The summed E-state index contributed by atoms with van der Waals surface area (Å²) in [6.45, 7) is 1.80. The highest BCUT2D eigenvalue weighted by Gasteiger charge is 2.04. The predicted octanol–water partition coefficient (Wildman–Crippen LogP) is 0.941. The summed E-state index contributed by atoms with van der Waals surface area (Å²) < 4.78 is 0. The van der Waals surface area contributed by atoms with Crippen LogP contribution in [0.5, 0.6) is 0 Å². The molecule has 70 valence electrons. The Labute approximate surface area is 81.1 Å². The Morgan fingerprint density at radius 1 is 1.77 bits per heavy atom. The van der Waals surface area contributed by atoms with Gasteiger partial charge in [0.1, 0.15) is 0 Å². The number of amides is 1. The van der Waals surface area contributed by atoms with Gasteiger partial charge in [0.25, 0.3) is 0 Å². The van der Waals surface area contributed by atoms with Crippen molar-refractivity contribution in [1.82, 2.24) is 4.98 Å². The Balaban J connectivity index is 2.87. The van der Waals surface area contributed by atoms with Gasteiger partial charge in [0, 0.05) is 6.20 Å². The number of carbonyl (C=O) groups is 1. The summed E-state index contributed by atoms with van der Waals surface area (Å²) in [6, 6.07) is 1.74. The molecule has 0 saturated carbocycles. The molecule has 1 amide bonds. The Kier molecular flexibility index (Phi) is 3.22. The van der Waals surface area contributed by atoms with Gasteiger partial charge in [-0.2, -0.15) is 0 Å². The minimum absolute atomic E-state index is 0.0652. The van der Waals surface area contributed by atoms with E-state index in [2.05, 4.69) is 10.3 Å².